The lowest BCUT2D eigenvalue weighted by Crippen LogP contribution is -2.35. The SMILES string of the molecule is CCn1cc(Br)cc1C(=O)NCC1(C)CCCC1. The van der Waals surface area contributed by atoms with Crippen LogP contribution in [0.1, 0.15) is 50.0 Å². The molecule has 3 nitrogen and oxygen atoms in total. The van der Waals surface area contributed by atoms with Gasteiger partial charge in [0, 0.05) is 23.8 Å². The second-order valence-electron chi connectivity index (χ2n) is 5.53. The van der Waals surface area contributed by atoms with E-state index in [1.807, 2.05) is 23.8 Å². The van der Waals surface area contributed by atoms with Crippen molar-refractivity contribution < 1.29 is 4.79 Å². The van der Waals surface area contributed by atoms with Crippen molar-refractivity contribution in [2.45, 2.75) is 46.1 Å². The van der Waals surface area contributed by atoms with Crippen LogP contribution in [-0.2, 0) is 6.54 Å². The first-order chi connectivity index (χ1) is 8.54. The first kappa shape index (κ1) is 13.7. The van der Waals surface area contributed by atoms with Gasteiger partial charge in [-0.2, -0.15) is 0 Å². The van der Waals surface area contributed by atoms with Crippen LogP contribution in [0.4, 0.5) is 0 Å². The highest BCUT2D eigenvalue weighted by Gasteiger charge is 2.29. The summed E-state index contributed by atoms with van der Waals surface area (Å²) < 4.78 is 2.93. The minimum absolute atomic E-state index is 0.0377. The van der Waals surface area contributed by atoms with Gasteiger partial charge < -0.3 is 9.88 Å². The molecule has 0 saturated heterocycles. The maximum absolute atomic E-state index is 12.2. The number of carbonyl (C=O) groups is 1. The van der Waals surface area contributed by atoms with E-state index >= 15 is 0 Å². The molecule has 2 rings (SSSR count). The molecule has 0 bridgehead atoms. The summed E-state index contributed by atoms with van der Waals surface area (Å²) in [5.41, 5.74) is 1.04. The van der Waals surface area contributed by atoms with E-state index in [2.05, 4.69) is 28.2 Å². The highest BCUT2D eigenvalue weighted by molar-refractivity contribution is 9.10. The first-order valence-electron chi connectivity index (χ1n) is 6.68. The fraction of sp³-hybridized carbons (Fsp3) is 0.643. The number of nitrogens with zero attached hydrogens (tertiary/aromatic N) is 1. The van der Waals surface area contributed by atoms with Crippen molar-refractivity contribution in [2.75, 3.05) is 6.54 Å². The second-order valence-corrected chi connectivity index (χ2v) is 6.45. The molecule has 18 heavy (non-hydrogen) atoms. The Morgan fingerprint density at radius 1 is 1.50 bits per heavy atom. The molecule has 1 N–H and O–H groups in total. The lowest BCUT2D eigenvalue weighted by molar-refractivity contribution is 0.0925. The number of nitrogens with one attached hydrogen (secondary N) is 1. The fourth-order valence-electron chi connectivity index (χ4n) is 2.72. The molecule has 1 aromatic rings. The van der Waals surface area contributed by atoms with E-state index < -0.39 is 0 Å². The van der Waals surface area contributed by atoms with Crippen LogP contribution in [0, 0.1) is 5.41 Å². The molecule has 1 heterocycles. The Hall–Kier alpha value is -0.770. The highest BCUT2D eigenvalue weighted by atomic mass is 79.9. The molecule has 1 fully saturated rings. The van der Waals surface area contributed by atoms with Gasteiger partial charge in [0.2, 0.25) is 0 Å². The molecule has 1 saturated carbocycles. The third-order valence-corrected chi connectivity index (χ3v) is 4.36. The molecule has 1 aliphatic rings. The molecule has 0 unspecified atom stereocenters. The topological polar surface area (TPSA) is 34.0 Å². The molecule has 1 aliphatic carbocycles. The smallest absolute Gasteiger partial charge is 0.267 e. The minimum atomic E-state index is 0.0377. The van der Waals surface area contributed by atoms with Gasteiger partial charge >= 0.3 is 0 Å². The number of hydrogen-bond donors (Lipinski definition) is 1. The zero-order valence-corrected chi connectivity index (χ0v) is 12.7. The van der Waals surface area contributed by atoms with Crippen LogP contribution in [0.25, 0.3) is 0 Å². The summed E-state index contributed by atoms with van der Waals surface area (Å²) in [5.74, 6) is 0.0377. The first-order valence-corrected chi connectivity index (χ1v) is 7.47. The van der Waals surface area contributed by atoms with Gasteiger partial charge in [0.25, 0.3) is 5.91 Å². The van der Waals surface area contributed by atoms with Gasteiger partial charge in [0.1, 0.15) is 5.69 Å². The Morgan fingerprint density at radius 3 is 2.78 bits per heavy atom. The quantitative estimate of drug-likeness (QED) is 0.906. The molecule has 0 spiro atoms. The molecule has 1 amide bonds. The highest BCUT2D eigenvalue weighted by Crippen LogP contribution is 2.36. The van der Waals surface area contributed by atoms with Crippen LogP contribution in [0.15, 0.2) is 16.7 Å². The summed E-state index contributed by atoms with van der Waals surface area (Å²) in [6.07, 6.45) is 7.00. The van der Waals surface area contributed by atoms with E-state index in [1.54, 1.807) is 0 Å². The lowest BCUT2D eigenvalue weighted by atomic mass is 9.89. The largest absolute Gasteiger partial charge is 0.350 e. The monoisotopic (exact) mass is 312 g/mol. The predicted molar refractivity (Wildman–Crippen MR) is 76.7 cm³/mol. The lowest BCUT2D eigenvalue weighted by Gasteiger charge is -2.23. The molecule has 0 atom stereocenters. The molecule has 0 aromatic carbocycles. The van der Waals surface area contributed by atoms with Crippen molar-refractivity contribution >= 4 is 21.8 Å². The van der Waals surface area contributed by atoms with Crippen molar-refractivity contribution in [3.63, 3.8) is 0 Å². The van der Waals surface area contributed by atoms with E-state index in [0.29, 0.717) is 5.41 Å². The summed E-state index contributed by atoms with van der Waals surface area (Å²) in [7, 11) is 0. The van der Waals surface area contributed by atoms with Gasteiger partial charge in [-0.15, -0.1) is 0 Å². The van der Waals surface area contributed by atoms with E-state index in [-0.39, 0.29) is 5.91 Å². The number of aromatic nitrogens is 1. The standard InChI is InChI=1S/C14H21BrN2O/c1-3-17-9-11(15)8-12(17)13(18)16-10-14(2)6-4-5-7-14/h8-9H,3-7,10H2,1-2H3,(H,16,18). The summed E-state index contributed by atoms with van der Waals surface area (Å²) in [6.45, 7) is 5.92. The van der Waals surface area contributed by atoms with E-state index in [9.17, 15) is 4.79 Å². The number of carbonyl (C=O) groups excluding carboxylic acids is 1. The third kappa shape index (κ3) is 2.97. The fourth-order valence-corrected chi connectivity index (χ4v) is 3.18. The average Bonchev–Trinajstić information content (AvgIpc) is 2.93. The zero-order chi connectivity index (χ0) is 13.2. The number of amides is 1. The van der Waals surface area contributed by atoms with Crippen LogP contribution >= 0.6 is 15.9 Å². The normalized spacial score (nSPS) is 17.9. The van der Waals surface area contributed by atoms with Crippen LogP contribution in [0.5, 0.6) is 0 Å². The number of rotatable bonds is 4. The van der Waals surface area contributed by atoms with Crippen molar-refractivity contribution in [1.82, 2.24) is 9.88 Å². The zero-order valence-electron chi connectivity index (χ0n) is 11.1. The van der Waals surface area contributed by atoms with Crippen molar-refractivity contribution in [3.05, 3.63) is 22.4 Å². The maximum Gasteiger partial charge on any atom is 0.267 e. The Balaban J connectivity index is 1.99. The summed E-state index contributed by atoms with van der Waals surface area (Å²) in [6, 6.07) is 1.88. The van der Waals surface area contributed by atoms with Gasteiger partial charge in [-0.3, -0.25) is 4.79 Å². The Labute approximate surface area is 117 Å². The van der Waals surface area contributed by atoms with Gasteiger partial charge in [-0.1, -0.05) is 19.8 Å². The van der Waals surface area contributed by atoms with Crippen LogP contribution in [0.3, 0.4) is 0 Å². The molecular weight excluding hydrogens is 292 g/mol. The van der Waals surface area contributed by atoms with E-state index in [0.717, 1.165) is 23.3 Å². The molecule has 100 valence electrons. The van der Waals surface area contributed by atoms with Gasteiger partial charge in [0.05, 0.1) is 0 Å². The average molecular weight is 313 g/mol. The number of aryl methyl sites for hydroxylation is 1. The Kier molecular flexibility index (Phi) is 4.15. The predicted octanol–water partition coefficient (Wildman–Crippen LogP) is 3.58. The Morgan fingerprint density at radius 2 is 2.17 bits per heavy atom. The molecule has 4 heteroatoms. The van der Waals surface area contributed by atoms with Gasteiger partial charge in [-0.25, -0.2) is 0 Å². The molecular formula is C14H21BrN2O. The second kappa shape index (κ2) is 5.47. The van der Waals surface area contributed by atoms with E-state index in [4.69, 9.17) is 0 Å². The van der Waals surface area contributed by atoms with E-state index in [1.165, 1.54) is 25.7 Å². The van der Waals surface area contributed by atoms with Crippen LogP contribution < -0.4 is 5.32 Å². The van der Waals surface area contributed by atoms with Crippen molar-refractivity contribution in [1.29, 1.82) is 0 Å². The van der Waals surface area contributed by atoms with Gasteiger partial charge in [-0.05, 0) is 47.2 Å². The van der Waals surface area contributed by atoms with Crippen molar-refractivity contribution in [3.8, 4) is 0 Å². The Bertz CT molecular complexity index is 433. The minimum Gasteiger partial charge on any atom is -0.350 e. The van der Waals surface area contributed by atoms with Crippen LogP contribution in [-0.4, -0.2) is 17.0 Å². The number of hydrogen-bond acceptors (Lipinski definition) is 1. The maximum atomic E-state index is 12.2. The summed E-state index contributed by atoms with van der Waals surface area (Å²) >= 11 is 3.42. The van der Waals surface area contributed by atoms with Crippen molar-refractivity contribution in [2.24, 2.45) is 5.41 Å². The molecule has 0 radical (unpaired) electrons. The summed E-state index contributed by atoms with van der Waals surface area (Å²) in [4.78, 5) is 12.2. The third-order valence-electron chi connectivity index (χ3n) is 3.92. The number of halogens is 1. The molecule has 0 aliphatic heterocycles. The summed E-state index contributed by atoms with van der Waals surface area (Å²) in [5, 5.41) is 3.09. The van der Waals surface area contributed by atoms with Crippen LogP contribution in [0.2, 0.25) is 0 Å². The molecule has 1 aromatic heterocycles. The van der Waals surface area contributed by atoms with Gasteiger partial charge in [0.15, 0.2) is 0 Å².